The Hall–Kier alpha value is -3.81. The van der Waals surface area contributed by atoms with Crippen molar-refractivity contribution in [3.8, 4) is 5.75 Å². The molecule has 0 aliphatic heterocycles. The number of nitrogens with zero attached hydrogens (tertiary/aromatic N) is 2. The number of carboxylic acids is 1. The molecule has 0 saturated heterocycles. The standard InChI is InChI=1S/C35H37F9N2O3.ClH/c1-3-22-7-11-29(12-8-22)46(20-24-15-27(33(36,37)38)18-28(16-24)34(39,40)41)21-26-17-30(49-35(42,43)44)13-14-31(26)45(4-2)19-23-5-9-25(10-6-23)32(47)48;/h7-8,11-18,23,25H,3-6,9-10,19-21H2,1-2H3,(H,47,48);1H. The quantitative estimate of drug-likeness (QED) is 0.187. The van der Waals surface area contributed by atoms with Crippen LogP contribution in [0.2, 0.25) is 0 Å². The molecule has 1 fully saturated rings. The van der Waals surface area contributed by atoms with Gasteiger partial charge >= 0.3 is 24.7 Å². The van der Waals surface area contributed by atoms with E-state index in [0.717, 1.165) is 11.6 Å². The van der Waals surface area contributed by atoms with Gasteiger partial charge in [0.25, 0.3) is 0 Å². The Morgan fingerprint density at radius 2 is 1.34 bits per heavy atom. The molecule has 1 aliphatic carbocycles. The van der Waals surface area contributed by atoms with Crippen LogP contribution in [0.4, 0.5) is 50.9 Å². The molecular formula is C35H38ClF9N2O3. The number of rotatable bonds is 12. The van der Waals surface area contributed by atoms with Crippen molar-refractivity contribution in [2.24, 2.45) is 11.8 Å². The number of carbonyl (C=O) groups is 1. The third kappa shape index (κ3) is 11.1. The van der Waals surface area contributed by atoms with Crippen molar-refractivity contribution in [3.05, 3.63) is 88.5 Å². The SMILES string of the molecule is CCc1ccc(N(Cc2cc(C(F)(F)F)cc(C(F)(F)F)c2)Cc2cc(OC(F)(F)F)ccc2N(CC)CC2CCC(C(=O)O)CC2)cc1.Cl. The fourth-order valence-electron chi connectivity index (χ4n) is 6.21. The summed E-state index contributed by atoms with van der Waals surface area (Å²) >= 11 is 0. The predicted molar refractivity (Wildman–Crippen MR) is 173 cm³/mol. The van der Waals surface area contributed by atoms with Gasteiger partial charge in [0.1, 0.15) is 5.75 Å². The van der Waals surface area contributed by atoms with Crippen molar-refractivity contribution in [1.82, 2.24) is 0 Å². The van der Waals surface area contributed by atoms with Crippen LogP contribution in [-0.4, -0.2) is 30.5 Å². The van der Waals surface area contributed by atoms with Gasteiger partial charge in [-0.25, -0.2) is 0 Å². The lowest BCUT2D eigenvalue weighted by Gasteiger charge is -2.34. The van der Waals surface area contributed by atoms with E-state index in [1.54, 1.807) is 24.3 Å². The molecule has 0 heterocycles. The highest BCUT2D eigenvalue weighted by molar-refractivity contribution is 5.85. The molecule has 3 aromatic carbocycles. The number of aryl methyl sites for hydroxylation is 1. The van der Waals surface area contributed by atoms with Gasteiger partial charge in [-0.2, -0.15) is 26.3 Å². The van der Waals surface area contributed by atoms with E-state index in [-0.39, 0.29) is 36.5 Å². The normalized spacial score (nSPS) is 16.8. The molecule has 0 atom stereocenters. The van der Waals surface area contributed by atoms with E-state index in [4.69, 9.17) is 0 Å². The fourth-order valence-corrected chi connectivity index (χ4v) is 6.21. The number of alkyl halides is 9. The molecule has 0 radical (unpaired) electrons. The maximum absolute atomic E-state index is 13.7. The van der Waals surface area contributed by atoms with Gasteiger partial charge in [0.2, 0.25) is 0 Å². The number of aliphatic carboxylic acids is 1. The zero-order valence-corrected chi connectivity index (χ0v) is 28.1. The summed E-state index contributed by atoms with van der Waals surface area (Å²) in [7, 11) is 0. The van der Waals surface area contributed by atoms with Crippen LogP contribution < -0.4 is 14.5 Å². The number of anilines is 2. The molecule has 1 saturated carbocycles. The van der Waals surface area contributed by atoms with Crippen LogP contribution in [0.3, 0.4) is 0 Å². The molecule has 5 nitrogen and oxygen atoms in total. The van der Waals surface area contributed by atoms with Crippen molar-refractivity contribution in [2.45, 2.75) is 77.8 Å². The zero-order valence-electron chi connectivity index (χ0n) is 27.3. The van der Waals surface area contributed by atoms with E-state index in [1.807, 2.05) is 18.7 Å². The summed E-state index contributed by atoms with van der Waals surface area (Å²) in [6, 6.07) is 11.9. The summed E-state index contributed by atoms with van der Waals surface area (Å²) in [5, 5.41) is 9.38. The van der Waals surface area contributed by atoms with Crippen molar-refractivity contribution < 1.29 is 54.2 Å². The third-order valence-electron chi connectivity index (χ3n) is 8.77. The molecule has 50 heavy (non-hydrogen) atoms. The highest BCUT2D eigenvalue weighted by Gasteiger charge is 2.37. The molecule has 0 aromatic heterocycles. The first-order valence-electron chi connectivity index (χ1n) is 15.8. The van der Waals surface area contributed by atoms with Gasteiger partial charge < -0.3 is 19.6 Å². The molecular weight excluding hydrogens is 703 g/mol. The van der Waals surface area contributed by atoms with Gasteiger partial charge in [-0.3, -0.25) is 4.79 Å². The van der Waals surface area contributed by atoms with Crippen molar-refractivity contribution in [1.29, 1.82) is 0 Å². The molecule has 3 aromatic rings. The molecule has 15 heteroatoms. The first-order chi connectivity index (χ1) is 22.9. The summed E-state index contributed by atoms with van der Waals surface area (Å²) in [5.41, 5.74) is -1.11. The van der Waals surface area contributed by atoms with Crippen LogP contribution in [0, 0.1) is 11.8 Å². The summed E-state index contributed by atoms with van der Waals surface area (Å²) in [6.07, 6.45) is -12.3. The lowest BCUT2D eigenvalue weighted by molar-refractivity contribution is -0.274. The second-order valence-corrected chi connectivity index (χ2v) is 12.2. The molecule has 1 N–H and O–H groups in total. The first kappa shape index (κ1) is 40.6. The van der Waals surface area contributed by atoms with E-state index >= 15 is 0 Å². The minimum Gasteiger partial charge on any atom is -0.481 e. The molecule has 0 unspecified atom stereocenters. The number of hydrogen-bond acceptors (Lipinski definition) is 4. The Kier molecular flexibility index (Phi) is 13.4. The van der Waals surface area contributed by atoms with Crippen LogP contribution >= 0.6 is 12.4 Å². The largest absolute Gasteiger partial charge is 0.573 e. The van der Waals surface area contributed by atoms with E-state index in [0.29, 0.717) is 74.3 Å². The lowest BCUT2D eigenvalue weighted by atomic mass is 9.81. The van der Waals surface area contributed by atoms with Crippen LogP contribution in [0.5, 0.6) is 5.75 Å². The van der Waals surface area contributed by atoms with Gasteiger partial charge in [-0.05, 0) is 110 Å². The molecule has 0 amide bonds. The van der Waals surface area contributed by atoms with Gasteiger partial charge in [0.15, 0.2) is 0 Å². The summed E-state index contributed by atoms with van der Waals surface area (Å²) in [6.45, 7) is 3.99. The molecule has 0 bridgehead atoms. The smallest absolute Gasteiger partial charge is 0.481 e. The maximum Gasteiger partial charge on any atom is 0.573 e. The zero-order chi connectivity index (χ0) is 36.1. The fraction of sp³-hybridized carbons (Fsp3) is 0.457. The van der Waals surface area contributed by atoms with Crippen molar-refractivity contribution in [3.63, 3.8) is 0 Å². The Morgan fingerprint density at radius 1 is 0.760 bits per heavy atom. The summed E-state index contributed by atoms with van der Waals surface area (Å²) in [4.78, 5) is 14.9. The topological polar surface area (TPSA) is 53.0 Å². The number of hydrogen-bond donors (Lipinski definition) is 1. The Bertz CT molecular complexity index is 1540. The van der Waals surface area contributed by atoms with E-state index in [9.17, 15) is 49.4 Å². The Morgan fingerprint density at radius 3 is 1.82 bits per heavy atom. The third-order valence-corrected chi connectivity index (χ3v) is 8.77. The average molecular weight is 741 g/mol. The van der Waals surface area contributed by atoms with Crippen molar-refractivity contribution in [2.75, 3.05) is 22.9 Å². The molecule has 1 aliphatic rings. The lowest BCUT2D eigenvalue weighted by Crippen LogP contribution is -2.34. The monoisotopic (exact) mass is 740 g/mol. The van der Waals surface area contributed by atoms with E-state index in [2.05, 4.69) is 4.74 Å². The molecule has 4 rings (SSSR count). The highest BCUT2D eigenvalue weighted by Crippen LogP contribution is 2.38. The summed E-state index contributed by atoms with van der Waals surface area (Å²) in [5.74, 6) is -1.74. The van der Waals surface area contributed by atoms with Crippen molar-refractivity contribution >= 4 is 29.8 Å². The van der Waals surface area contributed by atoms with Crippen LogP contribution in [0.1, 0.15) is 67.3 Å². The van der Waals surface area contributed by atoms with Gasteiger partial charge in [-0.15, -0.1) is 25.6 Å². The van der Waals surface area contributed by atoms with E-state index < -0.39 is 54.0 Å². The first-order valence-corrected chi connectivity index (χ1v) is 15.8. The second-order valence-electron chi connectivity index (χ2n) is 12.2. The highest BCUT2D eigenvalue weighted by atomic mass is 35.5. The Labute approximate surface area is 290 Å². The average Bonchev–Trinajstić information content (AvgIpc) is 3.02. The van der Waals surface area contributed by atoms with Crippen LogP contribution in [0.15, 0.2) is 60.7 Å². The Balaban J connectivity index is 0.00000676. The van der Waals surface area contributed by atoms with Gasteiger partial charge in [0.05, 0.1) is 17.0 Å². The second kappa shape index (κ2) is 16.5. The van der Waals surface area contributed by atoms with Gasteiger partial charge in [-0.1, -0.05) is 19.1 Å². The van der Waals surface area contributed by atoms with Crippen LogP contribution in [-0.2, 0) is 36.7 Å². The minimum absolute atomic E-state index is 0. The summed E-state index contributed by atoms with van der Waals surface area (Å²) < 4.78 is 126. The van der Waals surface area contributed by atoms with Gasteiger partial charge in [0, 0.05) is 37.6 Å². The predicted octanol–water partition coefficient (Wildman–Crippen LogP) is 10.5. The number of benzene rings is 3. The van der Waals surface area contributed by atoms with Crippen LogP contribution in [0.25, 0.3) is 0 Å². The number of ether oxygens (including phenoxy) is 1. The number of carboxylic acid groups (broad SMARTS) is 1. The van der Waals surface area contributed by atoms with E-state index in [1.165, 1.54) is 17.0 Å². The molecule has 0 spiro atoms. The maximum atomic E-state index is 13.7. The molecule has 276 valence electrons. The number of halogens is 10. The minimum atomic E-state index is -5.06.